The third kappa shape index (κ3) is 3.36. The minimum atomic E-state index is 0.0274. The average Bonchev–Trinajstić information content (AvgIpc) is 2.71. The molecule has 0 spiro atoms. The van der Waals surface area contributed by atoms with Crippen LogP contribution in [0.25, 0.3) is 22.0 Å². The predicted molar refractivity (Wildman–Crippen MR) is 111 cm³/mol. The first kappa shape index (κ1) is 17.4. The molecule has 27 heavy (non-hydrogen) atoms. The summed E-state index contributed by atoms with van der Waals surface area (Å²) < 4.78 is 1.80. The SMILES string of the molecule is CN=Cc1cc(-c2ccc3ncn(C4CCNCC4)c(=O)c3c2)ccc1N. The fourth-order valence-corrected chi connectivity index (χ4v) is 3.67. The zero-order valence-corrected chi connectivity index (χ0v) is 15.4. The van der Waals surface area contributed by atoms with Crippen LogP contribution in [0.3, 0.4) is 0 Å². The molecule has 0 saturated carbocycles. The average molecular weight is 361 g/mol. The van der Waals surface area contributed by atoms with Gasteiger partial charge in [-0.3, -0.25) is 14.4 Å². The molecule has 1 aliphatic rings. The van der Waals surface area contributed by atoms with E-state index in [9.17, 15) is 4.79 Å². The molecule has 1 fully saturated rings. The second-order valence-electron chi connectivity index (χ2n) is 6.90. The molecule has 1 saturated heterocycles. The number of hydrogen-bond acceptors (Lipinski definition) is 5. The number of nitrogen functional groups attached to an aromatic ring is 1. The summed E-state index contributed by atoms with van der Waals surface area (Å²) >= 11 is 0. The third-order valence-electron chi connectivity index (χ3n) is 5.17. The molecule has 4 rings (SSSR count). The lowest BCUT2D eigenvalue weighted by atomic mass is 10.0. The highest BCUT2D eigenvalue weighted by molar-refractivity contribution is 5.90. The van der Waals surface area contributed by atoms with Gasteiger partial charge in [0.25, 0.3) is 5.56 Å². The molecular weight excluding hydrogens is 338 g/mol. The molecule has 0 radical (unpaired) electrons. The van der Waals surface area contributed by atoms with Crippen molar-refractivity contribution < 1.29 is 0 Å². The minimum absolute atomic E-state index is 0.0274. The highest BCUT2D eigenvalue weighted by Crippen LogP contribution is 2.26. The van der Waals surface area contributed by atoms with E-state index in [0.717, 1.165) is 48.1 Å². The van der Waals surface area contributed by atoms with E-state index in [0.29, 0.717) is 11.1 Å². The molecule has 6 heteroatoms. The first-order chi connectivity index (χ1) is 13.2. The molecule has 1 aromatic heterocycles. The molecule has 0 unspecified atom stereocenters. The highest BCUT2D eigenvalue weighted by atomic mass is 16.1. The quantitative estimate of drug-likeness (QED) is 0.555. The maximum atomic E-state index is 13.1. The summed E-state index contributed by atoms with van der Waals surface area (Å²) in [6.07, 6.45) is 5.33. The summed E-state index contributed by atoms with van der Waals surface area (Å²) in [7, 11) is 1.72. The number of hydrogen-bond donors (Lipinski definition) is 2. The summed E-state index contributed by atoms with van der Waals surface area (Å²) in [6.45, 7) is 1.87. The van der Waals surface area contributed by atoms with Crippen LogP contribution < -0.4 is 16.6 Å². The van der Waals surface area contributed by atoms with Gasteiger partial charge in [-0.1, -0.05) is 12.1 Å². The molecule has 6 nitrogen and oxygen atoms in total. The van der Waals surface area contributed by atoms with Crippen molar-refractivity contribution in [3.8, 4) is 11.1 Å². The van der Waals surface area contributed by atoms with Gasteiger partial charge in [-0.2, -0.15) is 0 Å². The topological polar surface area (TPSA) is 85.3 Å². The van der Waals surface area contributed by atoms with Crippen molar-refractivity contribution in [2.45, 2.75) is 18.9 Å². The van der Waals surface area contributed by atoms with Crippen molar-refractivity contribution in [2.75, 3.05) is 25.9 Å². The van der Waals surface area contributed by atoms with Gasteiger partial charge in [-0.25, -0.2) is 4.98 Å². The Labute approximate surface area is 157 Å². The second kappa shape index (κ2) is 7.32. The molecule has 3 aromatic rings. The highest BCUT2D eigenvalue weighted by Gasteiger charge is 2.17. The van der Waals surface area contributed by atoms with Crippen LogP contribution in [0.2, 0.25) is 0 Å². The van der Waals surface area contributed by atoms with Gasteiger partial charge in [-0.15, -0.1) is 0 Å². The third-order valence-corrected chi connectivity index (χ3v) is 5.17. The van der Waals surface area contributed by atoms with Crippen molar-refractivity contribution in [3.05, 3.63) is 58.6 Å². The number of nitrogens with one attached hydrogen (secondary N) is 1. The second-order valence-corrected chi connectivity index (χ2v) is 6.90. The molecule has 0 atom stereocenters. The number of rotatable bonds is 3. The number of anilines is 1. The van der Waals surface area contributed by atoms with Gasteiger partial charge >= 0.3 is 0 Å². The molecule has 0 amide bonds. The van der Waals surface area contributed by atoms with E-state index in [2.05, 4.69) is 15.3 Å². The van der Waals surface area contributed by atoms with Gasteiger partial charge in [0, 0.05) is 30.6 Å². The van der Waals surface area contributed by atoms with Gasteiger partial charge in [0.2, 0.25) is 0 Å². The van der Waals surface area contributed by atoms with Gasteiger partial charge in [0.1, 0.15) is 0 Å². The Bertz CT molecular complexity index is 1060. The van der Waals surface area contributed by atoms with E-state index in [-0.39, 0.29) is 11.6 Å². The van der Waals surface area contributed by atoms with E-state index < -0.39 is 0 Å². The standard InChI is InChI=1S/C21H23N5O/c1-23-12-16-10-14(2-4-19(16)22)15-3-5-20-18(11-15)21(27)26(13-25-20)17-6-8-24-9-7-17/h2-5,10-13,17,24H,6-9,22H2,1H3. The Morgan fingerprint density at radius 2 is 1.93 bits per heavy atom. The summed E-state index contributed by atoms with van der Waals surface area (Å²) in [6, 6.07) is 11.9. The van der Waals surface area contributed by atoms with E-state index in [1.807, 2.05) is 36.4 Å². The van der Waals surface area contributed by atoms with Gasteiger partial charge in [0.05, 0.1) is 17.2 Å². The number of nitrogens with two attached hydrogens (primary N) is 1. The number of benzene rings is 2. The predicted octanol–water partition coefficient (Wildman–Crippen LogP) is 2.62. The molecule has 138 valence electrons. The van der Waals surface area contributed by atoms with E-state index >= 15 is 0 Å². The monoisotopic (exact) mass is 361 g/mol. The van der Waals surface area contributed by atoms with Gasteiger partial charge in [-0.05, 0) is 61.3 Å². The smallest absolute Gasteiger partial charge is 0.261 e. The van der Waals surface area contributed by atoms with Crippen molar-refractivity contribution in [3.63, 3.8) is 0 Å². The molecule has 2 heterocycles. The van der Waals surface area contributed by atoms with Crippen LogP contribution in [0, 0.1) is 0 Å². The first-order valence-corrected chi connectivity index (χ1v) is 9.21. The summed E-state index contributed by atoms with van der Waals surface area (Å²) in [4.78, 5) is 21.7. The maximum Gasteiger partial charge on any atom is 0.261 e. The van der Waals surface area contributed by atoms with Crippen molar-refractivity contribution in [2.24, 2.45) is 4.99 Å². The molecule has 0 bridgehead atoms. The lowest BCUT2D eigenvalue weighted by molar-refractivity contribution is 0.359. The fraction of sp³-hybridized carbons (Fsp3) is 0.286. The van der Waals surface area contributed by atoms with E-state index in [4.69, 9.17) is 5.73 Å². The molecule has 2 aromatic carbocycles. The Hall–Kier alpha value is -2.99. The maximum absolute atomic E-state index is 13.1. The Balaban J connectivity index is 1.80. The first-order valence-electron chi connectivity index (χ1n) is 9.21. The van der Waals surface area contributed by atoms with Crippen LogP contribution >= 0.6 is 0 Å². The number of aliphatic imine (C=N–C) groups is 1. The normalized spacial score (nSPS) is 15.6. The summed E-state index contributed by atoms with van der Waals surface area (Å²) in [5, 5.41) is 3.98. The summed E-state index contributed by atoms with van der Waals surface area (Å²) in [5.74, 6) is 0. The van der Waals surface area contributed by atoms with Crippen LogP contribution in [0.15, 0.2) is 52.5 Å². The van der Waals surface area contributed by atoms with Gasteiger partial charge < -0.3 is 11.1 Å². The number of aromatic nitrogens is 2. The van der Waals surface area contributed by atoms with Gasteiger partial charge in [0.15, 0.2) is 0 Å². The fourth-order valence-electron chi connectivity index (χ4n) is 3.67. The lowest BCUT2D eigenvalue weighted by Gasteiger charge is -2.24. The molecule has 3 N–H and O–H groups in total. The van der Waals surface area contributed by atoms with Crippen LogP contribution in [-0.4, -0.2) is 35.9 Å². The zero-order valence-electron chi connectivity index (χ0n) is 15.4. The largest absolute Gasteiger partial charge is 0.398 e. The molecular formula is C21H23N5O. The number of piperidine rings is 1. The number of nitrogens with zero attached hydrogens (tertiary/aromatic N) is 3. The Morgan fingerprint density at radius 3 is 2.70 bits per heavy atom. The van der Waals surface area contributed by atoms with E-state index in [1.54, 1.807) is 24.2 Å². The summed E-state index contributed by atoms with van der Waals surface area (Å²) in [5.41, 5.74) is 10.3. The molecule has 1 aliphatic heterocycles. The number of fused-ring (bicyclic) bond motifs is 1. The Kier molecular flexibility index (Phi) is 4.73. The van der Waals surface area contributed by atoms with Crippen molar-refractivity contribution >= 4 is 22.8 Å². The van der Waals surface area contributed by atoms with Crippen LogP contribution in [0.4, 0.5) is 5.69 Å². The van der Waals surface area contributed by atoms with Crippen LogP contribution in [-0.2, 0) is 0 Å². The van der Waals surface area contributed by atoms with Crippen LogP contribution in [0.1, 0.15) is 24.4 Å². The lowest BCUT2D eigenvalue weighted by Crippen LogP contribution is -2.34. The molecule has 0 aliphatic carbocycles. The Morgan fingerprint density at radius 1 is 1.19 bits per heavy atom. The van der Waals surface area contributed by atoms with Crippen molar-refractivity contribution in [1.29, 1.82) is 0 Å². The zero-order chi connectivity index (χ0) is 18.8. The van der Waals surface area contributed by atoms with Crippen LogP contribution in [0.5, 0.6) is 0 Å². The van der Waals surface area contributed by atoms with E-state index in [1.165, 1.54) is 0 Å². The van der Waals surface area contributed by atoms with Crippen molar-refractivity contribution in [1.82, 2.24) is 14.9 Å². The minimum Gasteiger partial charge on any atom is -0.398 e.